The van der Waals surface area contributed by atoms with E-state index in [1.54, 1.807) is 0 Å². The number of halogens is 1. The van der Waals surface area contributed by atoms with E-state index in [0.717, 1.165) is 6.92 Å². The van der Waals surface area contributed by atoms with Gasteiger partial charge in [0.1, 0.15) is 5.82 Å². The summed E-state index contributed by atoms with van der Waals surface area (Å²) < 4.78 is 13.0. The van der Waals surface area contributed by atoms with E-state index in [4.69, 9.17) is 5.11 Å². The lowest BCUT2D eigenvalue weighted by Gasteiger charge is -2.32. The number of carboxylic acid groups (broad SMARTS) is 1. The zero-order chi connectivity index (χ0) is 18.6. The molecule has 3 N–H and O–H groups in total. The summed E-state index contributed by atoms with van der Waals surface area (Å²) >= 11 is 0. The molecule has 1 heterocycles. The van der Waals surface area contributed by atoms with Crippen LogP contribution < -0.4 is 5.32 Å². The number of hydrogen-bond acceptors (Lipinski definition) is 4. The lowest BCUT2D eigenvalue weighted by molar-refractivity contribution is -0.156. The minimum absolute atomic E-state index is 0.192. The summed E-state index contributed by atoms with van der Waals surface area (Å²) in [5, 5.41) is 20.9. The van der Waals surface area contributed by atoms with E-state index in [1.165, 1.54) is 29.2 Å². The lowest BCUT2D eigenvalue weighted by Crippen LogP contribution is -2.50. The fourth-order valence-corrected chi connectivity index (χ4v) is 2.63. The molecule has 2 amide bonds. The SMILES string of the molecule is CC(O)(CNC(=O)C1CCCN(C(=O)c2ccc(F)cc2)C1)C(=O)O. The standard InChI is InChI=1S/C17H21FN2O5/c1-17(25,16(23)24)10-19-14(21)12-3-2-8-20(9-12)15(22)11-4-6-13(18)7-5-11/h4-7,12,25H,2-3,8-10H2,1H3,(H,19,21)(H,23,24). The number of hydrogen-bond donors (Lipinski definition) is 3. The van der Waals surface area contributed by atoms with Gasteiger partial charge in [-0.2, -0.15) is 0 Å². The van der Waals surface area contributed by atoms with Crippen LogP contribution in [-0.4, -0.2) is 58.1 Å². The zero-order valence-corrected chi connectivity index (χ0v) is 13.9. The molecule has 1 aromatic rings. The second-order valence-corrected chi connectivity index (χ2v) is 6.39. The summed E-state index contributed by atoms with van der Waals surface area (Å²) in [6, 6.07) is 5.20. The summed E-state index contributed by atoms with van der Waals surface area (Å²) in [4.78, 5) is 37.0. The Hall–Kier alpha value is -2.48. The van der Waals surface area contributed by atoms with Crippen molar-refractivity contribution in [2.24, 2.45) is 5.92 Å². The Morgan fingerprint density at radius 2 is 1.96 bits per heavy atom. The number of carbonyl (C=O) groups is 3. The third-order valence-corrected chi connectivity index (χ3v) is 4.24. The molecular weight excluding hydrogens is 331 g/mol. The molecule has 1 aliphatic heterocycles. The molecule has 1 saturated heterocycles. The smallest absolute Gasteiger partial charge is 0.337 e. The minimum atomic E-state index is -2.05. The monoisotopic (exact) mass is 352 g/mol. The van der Waals surface area contributed by atoms with Gasteiger partial charge < -0.3 is 20.4 Å². The molecule has 1 fully saturated rings. The van der Waals surface area contributed by atoms with E-state index in [0.29, 0.717) is 24.9 Å². The third-order valence-electron chi connectivity index (χ3n) is 4.24. The van der Waals surface area contributed by atoms with Gasteiger partial charge in [-0.3, -0.25) is 9.59 Å². The first-order valence-electron chi connectivity index (χ1n) is 7.99. The van der Waals surface area contributed by atoms with Gasteiger partial charge in [0.25, 0.3) is 5.91 Å². The molecule has 0 saturated carbocycles. The Morgan fingerprint density at radius 1 is 1.32 bits per heavy atom. The van der Waals surface area contributed by atoms with Crippen molar-refractivity contribution in [1.82, 2.24) is 10.2 Å². The molecule has 136 valence electrons. The molecule has 1 aliphatic rings. The Morgan fingerprint density at radius 3 is 2.56 bits per heavy atom. The lowest BCUT2D eigenvalue weighted by atomic mass is 9.96. The van der Waals surface area contributed by atoms with Crippen LogP contribution in [0.3, 0.4) is 0 Å². The molecule has 0 spiro atoms. The molecule has 0 radical (unpaired) electrons. The van der Waals surface area contributed by atoms with E-state index in [9.17, 15) is 23.9 Å². The number of nitrogens with zero attached hydrogens (tertiary/aromatic N) is 1. The molecule has 0 bridgehead atoms. The maximum Gasteiger partial charge on any atom is 0.337 e. The average molecular weight is 352 g/mol. The topological polar surface area (TPSA) is 107 Å². The van der Waals surface area contributed by atoms with Gasteiger partial charge in [0, 0.05) is 18.7 Å². The van der Waals surface area contributed by atoms with Crippen molar-refractivity contribution < 1.29 is 29.0 Å². The van der Waals surface area contributed by atoms with Crippen LogP contribution in [0.5, 0.6) is 0 Å². The van der Waals surface area contributed by atoms with E-state index >= 15 is 0 Å². The average Bonchev–Trinajstić information content (AvgIpc) is 2.59. The second kappa shape index (κ2) is 7.60. The highest BCUT2D eigenvalue weighted by Crippen LogP contribution is 2.19. The number of rotatable bonds is 5. The zero-order valence-electron chi connectivity index (χ0n) is 13.9. The first kappa shape index (κ1) is 18.9. The van der Waals surface area contributed by atoms with Gasteiger partial charge in [-0.25, -0.2) is 9.18 Å². The van der Waals surface area contributed by atoms with Crippen molar-refractivity contribution in [2.75, 3.05) is 19.6 Å². The molecule has 25 heavy (non-hydrogen) atoms. The Balaban J connectivity index is 1.95. The van der Waals surface area contributed by atoms with Gasteiger partial charge >= 0.3 is 5.97 Å². The molecule has 1 aromatic carbocycles. The van der Waals surface area contributed by atoms with Gasteiger partial charge in [0.15, 0.2) is 5.60 Å². The van der Waals surface area contributed by atoms with Gasteiger partial charge in [-0.1, -0.05) is 0 Å². The number of aliphatic carboxylic acids is 1. The van der Waals surface area contributed by atoms with Gasteiger partial charge in [-0.05, 0) is 44.0 Å². The van der Waals surface area contributed by atoms with E-state index in [1.807, 2.05) is 0 Å². The number of piperidine rings is 1. The number of carboxylic acids is 1. The fourth-order valence-electron chi connectivity index (χ4n) is 2.63. The largest absolute Gasteiger partial charge is 0.479 e. The van der Waals surface area contributed by atoms with Crippen LogP contribution >= 0.6 is 0 Å². The van der Waals surface area contributed by atoms with Crippen molar-refractivity contribution in [1.29, 1.82) is 0 Å². The highest BCUT2D eigenvalue weighted by molar-refractivity contribution is 5.94. The van der Waals surface area contributed by atoms with E-state index in [2.05, 4.69) is 5.32 Å². The number of nitrogens with one attached hydrogen (secondary N) is 1. The van der Waals surface area contributed by atoms with Crippen molar-refractivity contribution in [3.05, 3.63) is 35.6 Å². The van der Waals surface area contributed by atoms with Crippen molar-refractivity contribution in [3.63, 3.8) is 0 Å². The maximum atomic E-state index is 13.0. The van der Waals surface area contributed by atoms with Crippen LogP contribution in [0.25, 0.3) is 0 Å². The van der Waals surface area contributed by atoms with Crippen LogP contribution in [0.4, 0.5) is 4.39 Å². The van der Waals surface area contributed by atoms with Crippen molar-refractivity contribution in [2.45, 2.75) is 25.4 Å². The third kappa shape index (κ3) is 4.76. The summed E-state index contributed by atoms with van der Waals surface area (Å²) in [6.07, 6.45) is 1.19. The molecular formula is C17H21FN2O5. The summed E-state index contributed by atoms with van der Waals surface area (Å²) in [7, 11) is 0. The van der Waals surface area contributed by atoms with Crippen LogP contribution in [0.1, 0.15) is 30.1 Å². The first-order valence-corrected chi connectivity index (χ1v) is 7.99. The number of amides is 2. The van der Waals surface area contributed by atoms with Crippen LogP contribution in [0.15, 0.2) is 24.3 Å². The summed E-state index contributed by atoms with van der Waals surface area (Å²) in [5.41, 5.74) is -1.70. The minimum Gasteiger partial charge on any atom is -0.479 e. The van der Waals surface area contributed by atoms with Gasteiger partial charge in [0.2, 0.25) is 5.91 Å². The predicted molar refractivity (Wildman–Crippen MR) is 86.3 cm³/mol. The molecule has 2 rings (SSSR count). The normalized spacial score (nSPS) is 19.8. The van der Waals surface area contributed by atoms with Gasteiger partial charge in [0.05, 0.1) is 12.5 Å². The van der Waals surface area contributed by atoms with Crippen molar-refractivity contribution >= 4 is 17.8 Å². The van der Waals surface area contributed by atoms with E-state index in [-0.39, 0.29) is 12.5 Å². The Bertz CT molecular complexity index is 660. The molecule has 2 unspecified atom stereocenters. The molecule has 0 aliphatic carbocycles. The molecule has 7 nitrogen and oxygen atoms in total. The molecule has 2 atom stereocenters. The van der Waals surface area contributed by atoms with Crippen LogP contribution in [-0.2, 0) is 9.59 Å². The number of likely N-dealkylation sites (tertiary alicyclic amines) is 1. The highest BCUT2D eigenvalue weighted by atomic mass is 19.1. The van der Waals surface area contributed by atoms with Crippen molar-refractivity contribution in [3.8, 4) is 0 Å². The Kier molecular flexibility index (Phi) is 5.73. The van der Waals surface area contributed by atoms with Gasteiger partial charge in [-0.15, -0.1) is 0 Å². The molecule has 0 aromatic heterocycles. The quantitative estimate of drug-likeness (QED) is 0.721. The van der Waals surface area contributed by atoms with Crippen LogP contribution in [0.2, 0.25) is 0 Å². The van der Waals surface area contributed by atoms with E-state index < -0.39 is 35.8 Å². The number of carbonyl (C=O) groups excluding carboxylic acids is 2. The maximum absolute atomic E-state index is 13.0. The predicted octanol–water partition coefficient (Wildman–Crippen LogP) is 0.630. The fraction of sp³-hybridized carbons (Fsp3) is 0.471. The van der Waals surface area contributed by atoms with Crippen LogP contribution in [0, 0.1) is 11.7 Å². The number of benzene rings is 1. The Labute approximate surface area is 144 Å². The number of aliphatic hydroxyl groups is 1. The highest BCUT2D eigenvalue weighted by Gasteiger charge is 2.33. The molecule has 8 heteroatoms. The summed E-state index contributed by atoms with van der Waals surface area (Å²) in [5.74, 6) is -3.03. The first-order chi connectivity index (χ1) is 11.7. The summed E-state index contributed by atoms with van der Waals surface area (Å²) in [6.45, 7) is 1.37. The second-order valence-electron chi connectivity index (χ2n) is 6.39.